The van der Waals surface area contributed by atoms with Crippen LogP contribution in [0, 0.1) is 5.82 Å². The predicted molar refractivity (Wildman–Crippen MR) is 83.1 cm³/mol. The molecule has 1 aliphatic rings. The molecule has 0 bridgehead atoms. The number of hydrogen-bond acceptors (Lipinski definition) is 6. The highest BCUT2D eigenvalue weighted by atomic mass is 32.2. The van der Waals surface area contributed by atoms with Gasteiger partial charge in [0.2, 0.25) is 5.89 Å². The van der Waals surface area contributed by atoms with Gasteiger partial charge >= 0.3 is 0 Å². The van der Waals surface area contributed by atoms with Crippen molar-refractivity contribution in [1.82, 2.24) is 15.5 Å². The molecule has 1 fully saturated rings. The topological polar surface area (TPSA) is 51.0 Å². The summed E-state index contributed by atoms with van der Waals surface area (Å²) in [6.45, 7) is 1.03. The van der Waals surface area contributed by atoms with Gasteiger partial charge in [-0.3, -0.25) is 0 Å². The Morgan fingerprint density at radius 2 is 2.43 bits per heavy atom. The molecule has 0 aliphatic carbocycles. The molecule has 0 amide bonds. The number of thioether (sulfide) groups is 2. The van der Waals surface area contributed by atoms with Crippen LogP contribution >= 0.6 is 23.5 Å². The average Bonchev–Trinajstić information content (AvgIpc) is 2.94. The fourth-order valence-corrected chi connectivity index (χ4v) is 3.83. The van der Waals surface area contributed by atoms with Gasteiger partial charge in [0.05, 0.1) is 5.75 Å². The largest absolute Gasteiger partial charge is 0.339 e. The normalized spacial score (nSPS) is 18.8. The molecule has 0 radical (unpaired) electrons. The van der Waals surface area contributed by atoms with Crippen LogP contribution in [0.5, 0.6) is 0 Å². The number of nitrogens with zero attached hydrogens (tertiary/aromatic N) is 2. The van der Waals surface area contributed by atoms with E-state index in [0.717, 1.165) is 29.4 Å². The third-order valence-electron chi connectivity index (χ3n) is 3.09. The number of aromatic nitrogens is 2. The van der Waals surface area contributed by atoms with Crippen LogP contribution in [0.4, 0.5) is 4.39 Å². The Bertz CT molecular complexity index is 587. The summed E-state index contributed by atoms with van der Waals surface area (Å²) >= 11 is 3.45. The molecule has 7 heteroatoms. The maximum atomic E-state index is 13.1. The number of rotatable bonds is 5. The lowest BCUT2D eigenvalue weighted by Crippen LogP contribution is -2.38. The molecule has 112 valence electrons. The summed E-state index contributed by atoms with van der Waals surface area (Å²) in [5, 5.41) is 7.43. The molecule has 2 aromatic rings. The molecule has 3 rings (SSSR count). The van der Waals surface area contributed by atoms with Gasteiger partial charge in [-0.25, -0.2) is 4.39 Å². The summed E-state index contributed by atoms with van der Waals surface area (Å²) < 4.78 is 18.4. The van der Waals surface area contributed by atoms with Crippen molar-refractivity contribution < 1.29 is 8.91 Å². The molecule has 2 heterocycles. The molecule has 0 spiro atoms. The molecule has 0 saturated carbocycles. The summed E-state index contributed by atoms with van der Waals surface area (Å²) in [5.41, 5.74) is 0. The van der Waals surface area contributed by atoms with Crippen LogP contribution in [-0.4, -0.2) is 34.2 Å². The van der Waals surface area contributed by atoms with Gasteiger partial charge < -0.3 is 9.84 Å². The fraction of sp³-hybridized carbons (Fsp3) is 0.429. The van der Waals surface area contributed by atoms with E-state index in [0.29, 0.717) is 23.5 Å². The molecule has 1 saturated heterocycles. The summed E-state index contributed by atoms with van der Waals surface area (Å²) in [6.07, 6.45) is 0.768. The van der Waals surface area contributed by atoms with Crippen LogP contribution in [0.25, 0.3) is 0 Å². The summed E-state index contributed by atoms with van der Waals surface area (Å²) in [4.78, 5) is 5.27. The highest BCUT2D eigenvalue weighted by Crippen LogP contribution is 2.22. The minimum absolute atomic E-state index is 0.227. The highest BCUT2D eigenvalue weighted by molar-refractivity contribution is 7.99. The lowest BCUT2D eigenvalue weighted by Gasteiger charge is -2.21. The van der Waals surface area contributed by atoms with E-state index in [1.54, 1.807) is 6.07 Å². The van der Waals surface area contributed by atoms with Crippen molar-refractivity contribution in [3.8, 4) is 0 Å². The van der Waals surface area contributed by atoms with E-state index in [4.69, 9.17) is 4.52 Å². The van der Waals surface area contributed by atoms with Crippen LogP contribution in [0.1, 0.15) is 11.7 Å². The lowest BCUT2D eigenvalue weighted by atomic mass is 10.2. The molecular weight excluding hydrogens is 309 g/mol. The fourth-order valence-electron chi connectivity index (χ4n) is 2.10. The highest BCUT2D eigenvalue weighted by Gasteiger charge is 2.17. The van der Waals surface area contributed by atoms with Gasteiger partial charge in [0, 0.05) is 35.4 Å². The Hall–Kier alpha value is -1.05. The minimum atomic E-state index is -0.227. The first-order valence-electron chi connectivity index (χ1n) is 6.80. The lowest BCUT2D eigenvalue weighted by molar-refractivity contribution is 0.359. The van der Waals surface area contributed by atoms with E-state index in [9.17, 15) is 4.39 Å². The van der Waals surface area contributed by atoms with Crippen molar-refractivity contribution >= 4 is 23.5 Å². The van der Waals surface area contributed by atoms with Crippen LogP contribution in [-0.2, 0) is 12.2 Å². The third kappa shape index (κ3) is 4.46. The first kappa shape index (κ1) is 14.9. The first-order valence-corrected chi connectivity index (χ1v) is 8.94. The van der Waals surface area contributed by atoms with E-state index >= 15 is 0 Å². The average molecular weight is 325 g/mol. The van der Waals surface area contributed by atoms with E-state index in [1.807, 2.05) is 17.8 Å². The molecule has 1 unspecified atom stereocenters. The van der Waals surface area contributed by atoms with Crippen LogP contribution in [0.2, 0.25) is 0 Å². The zero-order chi connectivity index (χ0) is 14.5. The Kier molecular flexibility index (Phi) is 5.16. The Labute approximate surface area is 131 Å². The maximum absolute atomic E-state index is 13.1. The van der Waals surface area contributed by atoms with E-state index < -0.39 is 0 Å². The molecule has 21 heavy (non-hydrogen) atoms. The van der Waals surface area contributed by atoms with Gasteiger partial charge in [-0.15, -0.1) is 11.8 Å². The van der Waals surface area contributed by atoms with Crippen LogP contribution in [0.3, 0.4) is 0 Å². The van der Waals surface area contributed by atoms with Crippen molar-refractivity contribution in [2.75, 3.05) is 18.1 Å². The Morgan fingerprint density at radius 3 is 3.24 bits per heavy atom. The second kappa shape index (κ2) is 7.29. The second-order valence-electron chi connectivity index (χ2n) is 4.78. The van der Waals surface area contributed by atoms with Gasteiger partial charge in [0.1, 0.15) is 5.82 Å². The third-order valence-corrected chi connectivity index (χ3v) is 5.21. The zero-order valence-electron chi connectivity index (χ0n) is 11.4. The SMILES string of the molecule is Fc1cccc(SCc2noc(CC3CSCCN3)n2)c1. The van der Waals surface area contributed by atoms with Crippen molar-refractivity contribution in [1.29, 1.82) is 0 Å². The van der Waals surface area contributed by atoms with Gasteiger partial charge in [-0.1, -0.05) is 11.2 Å². The van der Waals surface area contributed by atoms with Crippen molar-refractivity contribution in [2.45, 2.75) is 23.1 Å². The predicted octanol–water partition coefficient (Wildman–Crippen LogP) is 2.75. The quantitative estimate of drug-likeness (QED) is 0.853. The molecular formula is C14H16FN3OS2. The maximum Gasteiger partial charge on any atom is 0.228 e. The molecule has 1 atom stereocenters. The van der Waals surface area contributed by atoms with Crippen molar-refractivity contribution in [2.24, 2.45) is 0 Å². The van der Waals surface area contributed by atoms with E-state index in [1.165, 1.54) is 23.9 Å². The molecule has 1 aromatic heterocycles. The van der Waals surface area contributed by atoms with E-state index in [-0.39, 0.29) is 5.82 Å². The van der Waals surface area contributed by atoms with Crippen LogP contribution < -0.4 is 5.32 Å². The molecule has 4 nitrogen and oxygen atoms in total. The second-order valence-corrected chi connectivity index (χ2v) is 6.98. The van der Waals surface area contributed by atoms with Gasteiger partial charge in [-0.2, -0.15) is 16.7 Å². The molecule has 1 N–H and O–H groups in total. The first-order chi connectivity index (χ1) is 10.3. The summed E-state index contributed by atoms with van der Waals surface area (Å²) in [7, 11) is 0. The number of nitrogens with one attached hydrogen (secondary N) is 1. The van der Waals surface area contributed by atoms with Crippen LogP contribution in [0.15, 0.2) is 33.7 Å². The minimum Gasteiger partial charge on any atom is -0.339 e. The standard InChI is InChI=1S/C14H16FN3OS2/c15-10-2-1-3-12(6-10)21-9-13-17-14(19-18-13)7-11-8-20-5-4-16-11/h1-3,6,11,16H,4-5,7-9H2. The van der Waals surface area contributed by atoms with Gasteiger partial charge in [-0.05, 0) is 18.2 Å². The Morgan fingerprint density at radius 1 is 1.48 bits per heavy atom. The van der Waals surface area contributed by atoms with E-state index in [2.05, 4.69) is 15.5 Å². The number of benzene rings is 1. The smallest absolute Gasteiger partial charge is 0.228 e. The monoisotopic (exact) mass is 325 g/mol. The summed E-state index contributed by atoms with van der Waals surface area (Å²) in [5.74, 6) is 3.92. The van der Waals surface area contributed by atoms with Crippen molar-refractivity contribution in [3.63, 3.8) is 0 Å². The molecule has 1 aromatic carbocycles. The van der Waals surface area contributed by atoms with Crippen molar-refractivity contribution in [3.05, 3.63) is 41.8 Å². The van der Waals surface area contributed by atoms with Gasteiger partial charge in [0.15, 0.2) is 5.82 Å². The Balaban J connectivity index is 1.52. The number of halogens is 1. The number of hydrogen-bond donors (Lipinski definition) is 1. The molecule has 1 aliphatic heterocycles. The van der Waals surface area contributed by atoms with Gasteiger partial charge in [0.25, 0.3) is 0 Å². The zero-order valence-corrected chi connectivity index (χ0v) is 13.1. The summed E-state index contributed by atoms with van der Waals surface area (Å²) in [6, 6.07) is 6.93.